The number of ether oxygens (including phenoxy) is 2. The zero-order valence-corrected chi connectivity index (χ0v) is 13.4. The van der Waals surface area contributed by atoms with Gasteiger partial charge in [0.1, 0.15) is 0 Å². The largest absolute Gasteiger partial charge is 0.481 e. The third-order valence-electron chi connectivity index (χ3n) is 4.78. The van der Waals surface area contributed by atoms with E-state index in [-0.39, 0.29) is 5.41 Å². The predicted molar refractivity (Wildman–Crippen MR) is 80.7 cm³/mol. The van der Waals surface area contributed by atoms with Gasteiger partial charge >= 0.3 is 0 Å². The first-order chi connectivity index (χ1) is 10.4. The topological polar surface area (TPSA) is 94.7 Å². The molecule has 0 bridgehead atoms. The maximum absolute atomic E-state index is 11.3. The number of pyridine rings is 1. The summed E-state index contributed by atoms with van der Waals surface area (Å²) in [5, 5.41) is 5.17. The fourth-order valence-corrected chi connectivity index (χ4v) is 3.93. The molecule has 8 heteroatoms. The van der Waals surface area contributed by atoms with Gasteiger partial charge in [0.05, 0.1) is 13.7 Å². The van der Waals surface area contributed by atoms with Crippen LogP contribution in [0.1, 0.15) is 19.3 Å². The molecule has 1 spiro atoms. The van der Waals surface area contributed by atoms with Crippen LogP contribution in [0.5, 0.6) is 11.8 Å². The van der Waals surface area contributed by atoms with Crippen molar-refractivity contribution in [2.45, 2.75) is 19.3 Å². The van der Waals surface area contributed by atoms with Crippen LogP contribution in [0.4, 0.5) is 0 Å². The number of hydrogen-bond donors (Lipinski definition) is 1. The van der Waals surface area contributed by atoms with E-state index in [2.05, 4.69) is 4.98 Å². The van der Waals surface area contributed by atoms with Crippen molar-refractivity contribution < 1.29 is 17.9 Å². The van der Waals surface area contributed by atoms with E-state index in [4.69, 9.17) is 14.6 Å². The molecule has 0 radical (unpaired) electrons. The van der Waals surface area contributed by atoms with Gasteiger partial charge in [-0.05, 0) is 30.6 Å². The molecule has 1 atom stereocenters. The Hall–Kier alpha value is -1.38. The smallest absolute Gasteiger partial charge is 0.276 e. The van der Waals surface area contributed by atoms with Crippen LogP contribution in [0.15, 0.2) is 18.2 Å². The van der Waals surface area contributed by atoms with Crippen molar-refractivity contribution in [3.63, 3.8) is 0 Å². The Labute approximate surface area is 130 Å². The number of methoxy groups -OCH3 is 1. The molecular formula is C14H21N3O4S. The summed E-state index contributed by atoms with van der Waals surface area (Å²) < 4.78 is 34.8. The second-order valence-corrected chi connectivity index (χ2v) is 7.58. The molecule has 1 aliphatic carbocycles. The Morgan fingerprint density at radius 1 is 1.36 bits per heavy atom. The van der Waals surface area contributed by atoms with Crippen molar-refractivity contribution in [2.24, 2.45) is 16.5 Å². The van der Waals surface area contributed by atoms with Gasteiger partial charge in [0.2, 0.25) is 11.8 Å². The third-order valence-corrected chi connectivity index (χ3v) is 5.86. The second kappa shape index (κ2) is 5.68. The number of nitrogens with zero attached hydrogens (tertiary/aromatic N) is 2. The molecule has 2 fully saturated rings. The van der Waals surface area contributed by atoms with E-state index in [0.717, 1.165) is 19.3 Å². The van der Waals surface area contributed by atoms with Crippen LogP contribution in [0, 0.1) is 11.3 Å². The summed E-state index contributed by atoms with van der Waals surface area (Å²) in [7, 11) is -1.98. The van der Waals surface area contributed by atoms with Crippen molar-refractivity contribution in [3.05, 3.63) is 18.2 Å². The molecule has 1 unspecified atom stereocenters. The Balaban J connectivity index is 1.51. The Bertz CT molecular complexity index is 641. The van der Waals surface area contributed by atoms with Crippen LogP contribution in [-0.4, -0.2) is 44.5 Å². The summed E-state index contributed by atoms with van der Waals surface area (Å²) in [6, 6.07) is 5.42. The van der Waals surface area contributed by atoms with E-state index in [1.54, 1.807) is 19.2 Å². The summed E-state index contributed by atoms with van der Waals surface area (Å²) in [6.45, 7) is 1.62. The highest BCUT2D eigenvalue weighted by Gasteiger charge is 2.55. The summed E-state index contributed by atoms with van der Waals surface area (Å²) >= 11 is 0. The lowest BCUT2D eigenvalue weighted by molar-refractivity contribution is 0.204. The summed E-state index contributed by atoms with van der Waals surface area (Å²) in [5.74, 6) is 1.55. The highest BCUT2D eigenvalue weighted by atomic mass is 32.2. The lowest BCUT2D eigenvalue weighted by Crippen LogP contribution is -2.43. The molecule has 2 heterocycles. The molecule has 0 aromatic carbocycles. The van der Waals surface area contributed by atoms with Gasteiger partial charge in [0.25, 0.3) is 10.2 Å². The highest BCUT2D eigenvalue weighted by molar-refractivity contribution is 7.86. The summed E-state index contributed by atoms with van der Waals surface area (Å²) in [4.78, 5) is 4.22. The minimum Gasteiger partial charge on any atom is -0.481 e. The first-order valence-electron chi connectivity index (χ1n) is 7.35. The molecule has 22 heavy (non-hydrogen) atoms. The average Bonchev–Trinajstić information content (AvgIpc) is 3.17. The maximum Gasteiger partial charge on any atom is 0.276 e. The van der Waals surface area contributed by atoms with Crippen LogP contribution >= 0.6 is 0 Å². The molecule has 1 saturated heterocycles. The van der Waals surface area contributed by atoms with Crippen molar-refractivity contribution in [3.8, 4) is 11.8 Å². The van der Waals surface area contributed by atoms with Crippen molar-refractivity contribution >= 4 is 10.2 Å². The third kappa shape index (κ3) is 3.18. The van der Waals surface area contributed by atoms with E-state index in [1.807, 2.05) is 6.07 Å². The van der Waals surface area contributed by atoms with Gasteiger partial charge in [-0.1, -0.05) is 6.07 Å². The van der Waals surface area contributed by atoms with Crippen molar-refractivity contribution in [2.75, 3.05) is 26.8 Å². The lowest BCUT2D eigenvalue weighted by Gasteiger charge is -2.30. The average molecular weight is 327 g/mol. The predicted octanol–water partition coefficient (Wildman–Crippen LogP) is 0.775. The molecule has 3 rings (SSSR count). The zero-order valence-electron chi connectivity index (χ0n) is 12.6. The summed E-state index contributed by atoms with van der Waals surface area (Å²) in [6.07, 6.45) is 2.78. The molecule has 1 aromatic rings. The van der Waals surface area contributed by atoms with Gasteiger partial charge in [-0.3, -0.25) is 0 Å². The van der Waals surface area contributed by atoms with Crippen LogP contribution in [0.2, 0.25) is 0 Å². The number of nitrogens with two attached hydrogens (primary N) is 1. The molecular weight excluding hydrogens is 306 g/mol. The van der Waals surface area contributed by atoms with Crippen molar-refractivity contribution in [1.82, 2.24) is 9.29 Å². The molecule has 1 aliphatic heterocycles. The van der Waals surface area contributed by atoms with Gasteiger partial charge in [-0.15, -0.1) is 0 Å². The molecule has 7 nitrogen and oxygen atoms in total. The van der Waals surface area contributed by atoms with Crippen LogP contribution in [0.3, 0.4) is 0 Å². The Morgan fingerprint density at radius 2 is 2.05 bits per heavy atom. The van der Waals surface area contributed by atoms with Gasteiger partial charge in [-0.25, -0.2) is 5.14 Å². The minimum absolute atomic E-state index is 0.222. The van der Waals surface area contributed by atoms with Gasteiger partial charge in [-0.2, -0.15) is 17.7 Å². The quantitative estimate of drug-likeness (QED) is 0.862. The number of piperidine rings is 1. The van der Waals surface area contributed by atoms with Gasteiger partial charge in [0.15, 0.2) is 0 Å². The number of rotatable bonds is 5. The standard InChI is InChI=1S/C14H21N3O4S/c1-20-12-3-2-4-13(16-12)21-10-11-9-14(11)5-7-17(8-6-14)22(15,18)19/h2-4,11H,5-10H2,1H3,(H2,15,18,19). The van der Waals surface area contributed by atoms with E-state index in [1.165, 1.54) is 4.31 Å². The van der Waals surface area contributed by atoms with E-state index in [0.29, 0.717) is 37.4 Å². The van der Waals surface area contributed by atoms with E-state index >= 15 is 0 Å². The Kier molecular flexibility index (Phi) is 4.00. The first kappa shape index (κ1) is 15.5. The first-order valence-corrected chi connectivity index (χ1v) is 8.85. The fourth-order valence-electron chi connectivity index (χ4n) is 3.24. The molecule has 1 aromatic heterocycles. The summed E-state index contributed by atoms with van der Waals surface area (Å²) in [5.41, 5.74) is 0.222. The maximum atomic E-state index is 11.3. The Morgan fingerprint density at radius 3 is 2.68 bits per heavy atom. The number of aromatic nitrogens is 1. The van der Waals surface area contributed by atoms with Crippen LogP contribution in [-0.2, 0) is 10.2 Å². The minimum atomic E-state index is -3.55. The van der Waals surface area contributed by atoms with E-state index in [9.17, 15) is 8.42 Å². The monoisotopic (exact) mass is 327 g/mol. The van der Waals surface area contributed by atoms with Gasteiger partial charge < -0.3 is 9.47 Å². The fraction of sp³-hybridized carbons (Fsp3) is 0.643. The molecule has 2 N–H and O–H groups in total. The SMILES string of the molecule is COc1cccc(OCC2CC23CCN(S(N)(=O)=O)CC3)n1. The molecule has 122 valence electrons. The number of hydrogen-bond acceptors (Lipinski definition) is 5. The van der Waals surface area contributed by atoms with Gasteiger partial charge in [0, 0.05) is 25.2 Å². The zero-order chi connectivity index (χ0) is 15.8. The van der Waals surface area contributed by atoms with E-state index < -0.39 is 10.2 Å². The van der Waals surface area contributed by atoms with Crippen molar-refractivity contribution in [1.29, 1.82) is 0 Å². The molecule has 0 amide bonds. The molecule has 1 saturated carbocycles. The second-order valence-electron chi connectivity index (χ2n) is 6.04. The lowest BCUT2D eigenvalue weighted by atomic mass is 9.92. The highest BCUT2D eigenvalue weighted by Crippen LogP contribution is 2.59. The van der Waals surface area contributed by atoms with Crippen LogP contribution < -0.4 is 14.6 Å². The normalized spacial score (nSPS) is 24.2. The van der Waals surface area contributed by atoms with Crippen LogP contribution in [0.25, 0.3) is 0 Å². The molecule has 2 aliphatic rings.